The Bertz CT molecular complexity index is 294. The number of unbranched alkanes of at least 4 members (excludes halogenated alkanes) is 1. The van der Waals surface area contributed by atoms with Crippen LogP contribution in [-0.2, 0) is 4.79 Å². The molecule has 1 rings (SSSR count). The third-order valence-corrected chi connectivity index (χ3v) is 4.68. The van der Waals surface area contributed by atoms with Gasteiger partial charge in [0.25, 0.3) is 0 Å². The molecule has 5 heteroatoms. The van der Waals surface area contributed by atoms with Crippen molar-refractivity contribution in [3.8, 4) is 0 Å². The highest BCUT2D eigenvalue weighted by Crippen LogP contribution is 2.22. The number of hydrogen-bond donors (Lipinski definition) is 2. The number of carbonyl (C=O) groups is 1. The zero-order valence-electron chi connectivity index (χ0n) is 13.0. The molecule has 1 atom stereocenters. The van der Waals surface area contributed by atoms with Crippen molar-refractivity contribution in [1.82, 2.24) is 10.2 Å². The highest BCUT2D eigenvalue weighted by molar-refractivity contribution is 6.08. The Kier molecular flexibility index (Phi) is 7.60. The van der Waals surface area contributed by atoms with E-state index in [1.807, 2.05) is 0 Å². The van der Waals surface area contributed by atoms with Gasteiger partial charge >= 0.3 is 5.97 Å². The number of hydrogen-bond acceptors (Lipinski definition) is 3. The summed E-state index contributed by atoms with van der Waals surface area (Å²) < 4.78 is 0. The molecule has 0 spiro atoms. The van der Waals surface area contributed by atoms with Gasteiger partial charge in [-0.3, -0.25) is 4.79 Å². The third kappa shape index (κ3) is 5.10. The molecule has 0 bridgehead atoms. The second-order valence-corrected chi connectivity index (χ2v) is 6.16. The molecule has 0 amide bonds. The lowest BCUT2D eigenvalue weighted by molar-refractivity contribution is -0.145. The summed E-state index contributed by atoms with van der Waals surface area (Å²) in [4.78, 5) is 14.1. The second-order valence-electron chi connectivity index (χ2n) is 6.16. The fourth-order valence-corrected chi connectivity index (χ4v) is 2.90. The van der Waals surface area contributed by atoms with Crippen LogP contribution in [0.1, 0.15) is 45.4 Å². The van der Waals surface area contributed by atoms with Gasteiger partial charge in [-0.15, -0.1) is 0 Å². The number of rotatable bonds is 9. The highest BCUT2D eigenvalue weighted by Gasteiger charge is 2.36. The van der Waals surface area contributed by atoms with Gasteiger partial charge in [-0.25, -0.2) is 0 Å². The summed E-state index contributed by atoms with van der Waals surface area (Å²) in [6.45, 7) is 5.36. The van der Waals surface area contributed by atoms with Gasteiger partial charge in [0.05, 0.1) is 7.85 Å². The molecule has 0 aliphatic carbocycles. The monoisotopic (exact) mass is 280 g/mol. The number of likely N-dealkylation sites (tertiary alicyclic amines) is 1. The molecule has 20 heavy (non-hydrogen) atoms. The molecule has 0 aromatic heterocycles. The molecule has 0 aromatic carbocycles. The van der Waals surface area contributed by atoms with Crippen molar-refractivity contribution in [1.29, 1.82) is 0 Å². The first-order chi connectivity index (χ1) is 9.54. The van der Waals surface area contributed by atoms with Crippen LogP contribution in [-0.4, -0.2) is 56.0 Å². The summed E-state index contributed by atoms with van der Waals surface area (Å²) in [5, 5.41) is 12.6. The van der Waals surface area contributed by atoms with Crippen molar-refractivity contribution in [2.75, 3.05) is 26.7 Å². The number of carboxylic acid groups (broad SMARTS) is 1. The smallest absolute Gasteiger partial charge is 0.323 e. The van der Waals surface area contributed by atoms with E-state index in [0.717, 1.165) is 38.4 Å². The maximum absolute atomic E-state index is 11.7. The quantitative estimate of drug-likeness (QED) is 0.500. The molecule has 1 fully saturated rings. The van der Waals surface area contributed by atoms with Crippen LogP contribution in [0.25, 0.3) is 0 Å². The first-order valence-corrected chi connectivity index (χ1v) is 7.89. The van der Waals surface area contributed by atoms with Crippen molar-refractivity contribution < 1.29 is 9.90 Å². The lowest BCUT2D eigenvalue weighted by Crippen LogP contribution is -2.52. The van der Waals surface area contributed by atoms with Crippen molar-refractivity contribution in [2.45, 2.75) is 57.3 Å². The summed E-state index contributed by atoms with van der Waals surface area (Å²) in [6.07, 6.45) is 6.15. The van der Waals surface area contributed by atoms with Crippen LogP contribution in [0.2, 0.25) is 6.32 Å². The lowest BCUT2D eigenvalue weighted by atomic mass is 9.86. The molecule has 0 saturated carbocycles. The average Bonchev–Trinajstić information content (AvgIpc) is 2.44. The van der Waals surface area contributed by atoms with Crippen LogP contribution >= 0.6 is 0 Å². The van der Waals surface area contributed by atoms with Crippen LogP contribution in [0.5, 0.6) is 0 Å². The van der Waals surface area contributed by atoms with Gasteiger partial charge in [0.2, 0.25) is 0 Å². The summed E-state index contributed by atoms with van der Waals surface area (Å²) in [5.41, 5.74) is -0.793. The SMILES string of the molecule is [B]CCCCC(CCN1CCC(C)CC1)(NC)C(=O)O. The van der Waals surface area contributed by atoms with E-state index in [2.05, 4.69) is 17.1 Å². The molecule has 4 nitrogen and oxygen atoms in total. The number of piperidine rings is 1. The molecule has 1 saturated heterocycles. The summed E-state index contributed by atoms with van der Waals surface area (Å²) in [5.74, 6) is 0.0757. The van der Waals surface area contributed by atoms with E-state index in [0.29, 0.717) is 19.2 Å². The van der Waals surface area contributed by atoms with Crippen LogP contribution in [0.15, 0.2) is 0 Å². The van der Waals surface area contributed by atoms with Gasteiger partial charge in [-0.1, -0.05) is 26.1 Å². The van der Waals surface area contributed by atoms with Gasteiger partial charge in [-0.2, -0.15) is 0 Å². The zero-order valence-corrected chi connectivity index (χ0v) is 13.0. The maximum atomic E-state index is 11.7. The Morgan fingerprint density at radius 3 is 2.50 bits per heavy atom. The summed E-state index contributed by atoms with van der Waals surface area (Å²) >= 11 is 0. The Morgan fingerprint density at radius 2 is 2.00 bits per heavy atom. The molecule has 1 aliphatic heterocycles. The summed E-state index contributed by atoms with van der Waals surface area (Å²) in [7, 11) is 7.26. The third-order valence-electron chi connectivity index (χ3n) is 4.68. The van der Waals surface area contributed by atoms with Crippen LogP contribution in [0, 0.1) is 5.92 Å². The fraction of sp³-hybridized carbons (Fsp3) is 0.933. The minimum atomic E-state index is -0.793. The van der Waals surface area contributed by atoms with E-state index in [1.165, 1.54) is 12.8 Å². The van der Waals surface area contributed by atoms with Crippen molar-refractivity contribution in [3.05, 3.63) is 0 Å². The number of nitrogens with one attached hydrogen (secondary N) is 1. The van der Waals surface area contributed by atoms with E-state index in [-0.39, 0.29) is 0 Å². The van der Waals surface area contributed by atoms with Gasteiger partial charge in [0, 0.05) is 6.54 Å². The first-order valence-electron chi connectivity index (χ1n) is 7.89. The molecule has 1 aliphatic rings. The predicted molar refractivity (Wildman–Crippen MR) is 83.3 cm³/mol. The van der Waals surface area contributed by atoms with Gasteiger partial charge in [0.15, 0.2) is 0 Å². The molecule has 1 heterocycles. The van der Waals surface area contributed by atoms with Crippen molar-refractivity contribution in [3.63, 3.8) is 0 Å². The molecule has 1 unspecified atom stereocenters. The predicted octanol–water partition coefficient (Wildman–Crippen LogP) is 1.91. The van der Waals surface area contributed by atoms with Gasteiger partial charge < -0.3 is 15.3 Å². The van der Waals surface area contributed by atoms with E-state index < -0.39 is 11.5 Å². The topological polar surface area (TPSA) is 52.6 Å². The molecule has 114 valence electrons. The minimum Gasteiger partial charge on any atom is -0.480 e. The van der Waals surface area contributed by atoms with Gasteiger partial charge in [-0.05, 0) is 51.7 Å². The molecular formula is C15H29BN2O2. The number of aliphatic carboxylic acids is 1. The zero-order chi connectivity index (χ0) is 15.0. The molecule has 0 aromatic rings. The molecule has 2 radical (unpaired) electrons. The van der Waals surface area contributed by atoms with Crippen LogP contribution in [0.4, 0.5) is 0 Å². The standard InChI is InChI=1S/C15H29BN2O2/c1-13-5-10-18(11-6-13)12-8-15(17-2,14(19)20)7-3-4-9-16/h13,17H,3-12H2,1-2H3,(H,19,20). The number of likely N-dealkylation sites (N-methyl/N-ethyl adjacent to an activating group) is 1. The number of nitrogens with zero attached hydrogens (tertiary/aromatic N) is 1. The van der Waals surface area contributed by atoms with E-state index in [9.17, 15) is 9.90 Å². The highest BCUT2D eigenvalue weighted by atomic mass is 16.4. The Morgan fingerprint density at radius 1 is 1.35 bits per heavy atom. The van der Waals surface area contributed by atoms with Crippen molar-refractivity contribution in [2.24, 2.45) is 5.92 Å². The normalized spacial score (nSPS) is 20.7. The fourth-order valence-electron chi connectivity index (χ4n) is 2.90. The molecule has 2 N–H and O–H groups in total. The van der Waals surface area contributed by atoms with Crippen molar-refractivity contribution >= 4 is 13.8 Å². The first kappa shape index (κ1) is 17.5. The van der Waals surface area contributed by atoms with E-state index >= 15 is 0 Å². The largest absolute Gasteiger partial charge is 0.480 e. The average molecular weight is 280 g/mol. The van der Waals surface area contributed by atoms with Crippen LogP contribution in [0.3, 0.4) is 0 Å². The molecular weight excluding hydrogens is 251 g/mol. The Hall–Kier alpha value is -0.545. The lowest BCUT2D eigenvalue weighted by Gasteiger charge is -2.35. The Labute approximate surface area is 124 Å². The van der Waals surface area contributed by atoms with Crippen LogP contribution < -0.4 is 5.32 Å². The van der Waals surface area contributed by atoms with Gasteiger partial charge in [0.1, 0.15) is 5.54 Å². The number of carboxylic acids is 1. The Balaban J connectivity index is 2.49. The second kappa shape index (κ2) is 8.68. The van der Waals surface area contributed by atoms with E-state index in [1.54, 1.807) is 7.05 Å². The maximum Gasteiger partial charge on any atom is 0.323 e. The summed E-state index contributed by atoms with van der Waals surface area (Å²) in [6, 6.07) is 0. The minimum absolute atomic E-state index is 0.628. The van der Waals surface area contributed by atoms with E-state index in [4.69, 9.17) is 7.85 Å².